The Hall–Kier alpha value is -1.10. The molecule has 0 bridgehead atoms. The number of amides is 1. The molecule has 0 saturated carbocycles. The van der Waals surface area contributed by atoms with Gasteiger partial charge in [0, 0.05) is 12.6 Å². The lowest BCUT2D eigenvalue weighted by atomic mass is 9.93. The molecule has 2 unspecified atom stereocenters. The molecule has 1 heterocycles. The van der Waals surface area contributed by atoms with E-state index in [9.17, 15) is 9.59 Å². The summed E-state index contributed by atoms with van der Waals surface area (Å²) in [6.07, 6.45) is 1.71. The minimum atomic E-state index is -0.277. The van der Waals surface area contributed by atoms with Crippen molar-refractivity contribution in [1.29, 1.82) is 0 Å². The summed E-state index contributed by atoms with van der Waals surface area (Å²) in [5, 5.41) is 0. The fraction of sp³-hybridized carbons (Fsp3) is 0.818. The second-order valence-corrected chi connectivity index (χ2v) is 4.26. The van der Waals surface area contributed by atoms with E-state index in [4.69, 9.17) is 10.5 Å². The first-order valence-electron chi connectivity index (χ1n) is 5.73. The third-order valence-electron chi connectivity index (χ3n) is 3.05. The number of carbonyl (C=O) groups is 2. The van der Waals surface area contributed by atoms with E-state index in [2.05, 4.69) is 6.92 Å². The number of nitrogens with two attached hydrogens (primary N) is 1. The zero-order valence-corrected chi connectivity index (χ0v) is 9.94. The zero-order chi connectivity index (χ0) is 12.1. The van der Waals surface area contributed by atoms with Crippen LogP contribution in [0.4, 0.5) is 0 Å². The molecule has 5 nitrogen and oxygen atoms in total. The van der Waals surface area contributed by atoms with Gasteiger partial charge in [0.15, 0.2) is 0 Å². The number of primary amides is 1. The van der Waals surface area contributed by atoms with Crippen molar-refractivity contribution in [3.63, 3.8) is 0 Å². The van der Waals surface area contributed by atoms with Crippen LogP contribution in [0.2, 0.25) is 0 Å². The molecule has 1 fully saturated rings. The molecule has 0 spiro atoms. The second-order valence-electron chi connectivity index (χ2n) is 4.26. The van der Waals surface area contributed by atoms with E-state index in [-0.39, 0.29) is 24.3 Å². The van der Waals surface area contributed by atoms with Crippen molar-refractivity contribution in [3.05, 3.63) is 0 Å². The molecular weight excluding hydrogens is 208 g/mol. The third-order valence-corrected chi connectivity index (χ3v) is 3.05. The fourth-order valence-electron chi connectivity index (χ4n) is 2.00. The van der Waals surface area contributed by atoms with Gasteiger partial charge in [0.25, 0.3) is 0 Å². The van der Waals surface area contributed by atoms with Crippen molar-refractivity contribution >= 4 is 11.9 Å². The van der Waals surface area contributed by atoms with Gasteiger partial charge in [-0.2, -0.15) is 0 Å². The highest BCUT2D eigenvalue weighted by atomic mass is 16.5. The largest absolute Gasteiger partial charge is 0.465 e. The summed E-state index contributed by atoms with van der Waals surface area (Å²) in [7, 11) is 0. The van der Waals surface area contributed by atoms with Crippen LogP contribution in [-0.4, -0.2) is 42.5 Å². The molecule has 1 rings (SSSR count). The molecule has 0 aromatic rings. The monoisotopic (exact) mass is 228 g/mol. The number of hydrogen-bond acceptors (Lipinski definition) is 4. The molecular formula is C11H20N2O3. The average Bonchev–Trinajstić information content (AvgIpc) is 2.21. The van der Waals surface area contributed by atoms with Crippen molar-refractivity contribution in [1.82, 2.24) is 4.90 Å². The van der Waals surface area contributed by atoms with Crippen LogP contribution < -0.4 is 5.73 Å². The predicted octanol–water partition coefficient (Wildman–Crippen LogP) is 0.135. The van der Waals surface area contributed by atoms with E-state index in [1.807, 2.05) is 4.90 Å². The van der Waals surface area contributed by atoms with E-state index in [1.54, 1.807) is 6.92 Å². The van der Waals surface area contributed by atoms with Gasteiger partial charge in [-0.1, -0.05) is 0 Å². The van der Waals surface area contributed by atoms with Crippen molar-refractivity contribution in [2.75, 3.05) is 19.7 Å². The Morgan fingerprint density at radius 2 is 2.12 bits per heavy atom. The summed E-state index contributed by atoms with van der Waals surface area (Å²) >= 11 is 0. The van der Waals surface area contributed by atoms with Crippen molar-refractivity contribution in [2.24, 2.45) is 11.7 Å². The Bertz CT molecular complexity index is 268. The second kappa shape index (κ2) is 5.84. The molecule has 16 heavy (non-hydrogen) atoms. The van der Waals surface area contributed by atoms with Gasteiger partial charge in [0.2, 0.25) is 5.91 Å². The Morgan fingerprint density at radius 3 is 2.69 bits per heavy atom. The molecule has 0 aromatic carbocycles. The molecule has 1 saturated heterocycles. The summed E-state index contributed by atoms with van der Waals surface area (Å²) < 4.78 is 4.89. The highest BCUT2D eigenvalue weighted by Gasteiger charge is 2.29. The molecule has 0 aliphatic carbocycles. The molecule has 1 amide bonds. The molecule has 0 aromatic heterocycles. The smallest absolute Gasteiger partial charge is 0.320 e. The molecule has 1 aliphatic heterocycles. The first-order valence-corrected chi connectivity index (χ1v) is 5.73. The third kappa shape index (κ3) is 3.48. The number of piperidine rings is 1. The van der Waals surface area contributed by atoms with Gasteiger partial charge >= 0.3 is 5.97 Å². The summed E-state index contributed by atoms with van der Waals surface area (Å²) in [6.45, 7) is 5.04. The Balaban J connectivity index is 2.49. The molecule has 92 valence electrons. The maximum absolute atomic E-state index is 11.4. The zero-order valence-electron chi connectivity index (χ0n) is 9.94. The highest BCUT2D eigenvalue weighted by molar-refractivity contribution is 5.77. The summed E-state index contributed by atoms with van der Waals surface area (Å²) in [5.41, 5.74) is 5.28. The molecule has 2 atom stereocenters. The fourth-order valence-corrected chi connectivity index (χ4v) is 2.00. The minimum Gasteiger partial charge on any atom is -0.465 e. The number of esters is 1. The Kier molecular flexibility index (Phi) is 4.73. The normalized spacial score (nSPS) is 26.4. The van der Waals surface area contributed by atoms with E-state index >= 15 is 0 Å². The maximum atomic E-state index is 11.4. The summed E-state index contributed by atoms with van der Waals surface area (Å²) in [6, 6.07) is 0.306. The summed E-state index contributed by atoms with van der Waals surface area (Å²) in [4.78, 5) is 24.4. The molecule has 0 radical (unpaired) electrons. The van der Waals surface area contributed by atoms with E-state index in [1.165, 1.54) is 0 Å². The van der Waals surface area contributed by atoms with Gasteiger partial charge in [0.05, 0.1) is 19.1 Å². The maximum Gasteiger partial charge on any atom is 0.320 e. The Labute approximate surface area is 95.9 Å². The lowest BCUT2D eigenvalue weighted by Crippen LogP contribution is -2.47. The van der Waals surface area contributed by atoms with Gasteiger partial charge in [0.1, 0.15) is 0 Å². The number of hydrogen-bond donors (Lipinski definition) is 1. The lowest BCUT2D eigenvalue weighted by Gasteiger charge is -2.35. The van der Waals surface area contributed by atoms with E-state index in [0.717, 1.165) is 12.8 Å². The first kappa shape index (κ1) is 13.0. The average molecular weight is 228 g/mol. The standard InChI is InChI=1S/C11H20N2O3/c1-3-16-10(14)7-13-6-9(11(12)15)5-4-8(13)2/h8-9H,3-7H2,1-2H3,(H2,12,15). The minimum absolute atomic E-state index is 0.134. The van der Waals surface area contributed by atoms with E-state index in [0.29, 0.717) is 19.2 Å². The van der Waals surface area contributed by atoms with Crippen LogP contribution in [-0.2, 0) is 14.3 Å². The predicted molar refractivity (Wildman–Crippen MR) is 59.6 cm³/mol. The number of likely N-dealkylation sites (tertiary alicyclic amines) is 1. The topological polar surface area (TPSA) is 72.6 Å². The van der Waals surface area contributed by atoms with Crippen LogP contribution >= 0.6 is 0 Å². The number of carbonyl (C=O) groups excluding carboxylic acids is 2. The van der Waals surface area contributed by atoms with Crippen LogP contribution in [0.5, 0.6) is 0 Å². The number of rotatable bonds is 4. The van der Waals surface area contributed by atoms with Crippen molar-refractivity contribution in [2.45, 2.75) is 32.7 Å². The summed E-state index contributed by atoms with van der Waals surface area (Å²) in [5.74, 6) is -0.647. The van der Waals surface area contributed by atoms with E-state index < -0.39 is 0 Å². The van der Waals surface area contributed by atoms with Gasteiger partial charge in [-0.05, 0) is 26.7 Å². The van der Waals surface area contributed by atoms with Crippen LogP contribution in [0.3, 0.4) is 0 Å². The highest BCUT2D eigenvalue weighted by Crippen LogP contribution is 2.21. The van der Waals surface area contributed by atoms with Crippen molar-refractivity contribution in [3.8, 4) is 0 Å². The SMILES string of the molecule is CCOC(=O)CN1CC(C(N)=O)CCC1C. The number of ether oxygens (including phenoxy) is 1. The number of nitrogens with zero attached hydrogens (tertiary/aromatic N) is 1. The van der Waals surface area contributed by atoms with Gasteiger partial charge < -0.3 is 10.5 Å². The molecule has 2 N–H and O–H groups in total. The van der Waals surface area contributed by atoms with Gasteiger partial charge in [-0.3, -0.25) is 14.5 Å². The molecule has 1 aliphatic rings. The van der Waals surface area contributed by atoms with Crippen LogP contribution in [0.1, 0.15) is 26.7 Å². The van der Waals surface area contributed by atoms with Gasteiger partial charge in [-0.15, -0.1) is 0 Å². The molecule has 5 heteroatoms. The quantitative estimate of drug-likeness (QED) is 0.694. The van der Waals surface area contributed by atoms with Crippen LogP contribution in [0, 0.1) is 5.92 Å². The van der Waals surface area contributed by atoms with Crippen LogP contribution in [0.25, 0.3) is 0 Å². The first-order chi connectivity index (χ1) is 7.54. The lowest BCUT2D eigenvalue weighted by molar-refractivity contribution is -0.146. The Morgan fingerprint density at radius 1 is 1.44 bits per heavy atom. The van der Waals surface area contributed by atoms with Gasteiger partial charge in [-0.25, -0.2) is 0 Å². The van der Waals surface area contributed by atoms with Crippen molar-refractivity contribution < 1.29 is 14.3 Å². The van der Waals surface area contributed by atoms with Crippen LogP contribution in [0.15, 0.2) is 0 Å².